The lowest BCUT2D eigenvalue weighted by molar-refractivity contribution is -0.0116. The normalized spacial score (nSPS) is 13.6. The molecule has 548 valence electrons. The highest BCUT2D eigenvalue weighted by molar-refractivity contribution is 4.64. The summed E-state index contributed by atoms with van der Waals surface area (Å²) < 4.78 is 65.9. The van der Waals surface area contributed by atoms with E-state index in [0.29, 0.717) is 106 Å². The first-order chi connectivity index (χ1) is 43.7. The van der Waals surface area contributed by atoms with Crippen molar-refractivity contribution < 1.29 is 56.8 Å². The number of ether oxygens (including phenoxy) is 12. The zero-order chi connectivity index (χ0) is 67.5. The van der Waals surface area contributed by atoms with Crippen LogP contribution in [0.15, 0.2) is 0 Å². The SMILES string of the molecule is CCCCCC(CCC)CCOCCC.CCCOCCC(C)CC(C)CCCC(C)C.CCCOCCOCCOCCOCCOCCC(C)CCCC(C)CC(C)C.CCCOCCOCCOCCOCCOCCCCCCC(CC)CC(C)C. The van der Waals surface area contributed by atoms with E-state index >= 15 is 0 Å². The van der Waals surface area contributed by atoms with Gasteiger partial charge in [0.15, 0.2) is 0 Å². The van der Waals surface area contributed by atoms with Gasteiger partial charge in [0.05, 0.1) is 106 Å². The Morgan fingerprint density at radius 3 is 0.900 bits per heavy atom. The van der Waals surface area contributed by atoms with Crippen molar-refractivity contribution in [1.29, 1.82) is 0 Å². The third-order valence-electron chi connectivity index (χ3n) is 16.0. The molecule has 0 aliphatic rings. The molecular weight excluding hydrogens is 1130 g/mol. The molecule has 0 aromatic rings. The molecule has 0 rings (SSSR count). The van der Waals surface area contributed by atoms with E-state index in [1.54, 1.807) is 0 Å². The Labute approximate surface area is 563 Å². The quantitative estimate of drug-likeness (QED) is 0.0541. The van der Waals surface area contributed by atoms with E-state index in [1.807, 2.05) is 0 Å². The largest absolute Gasteiger partial charge is 0.381 e. The highest BCUT2D eigenvalue weighted by Gasteiger charge is 2.12. The van der Waals surface area contributed by atoms with Crippen LogP contribution >= 0.6 is 0 Å². The first-order valence-corrected chi connectivity index (χ1v) is 38.6. The Morgan fingerprint density at radius 2 is 0.500 bits per heavy atom. The summed E-state index contributed by atoms with van der Waals surface area (Å²) >= 11 is 0. The molecule has 0 bridgehead atoms. The van der Waals surface area contributed by atoms with Gasteiger partial charge in [0.2, 0.25) is 0 Å². The highest BCUT2D eigenvalue weighted by Crippen LogP contribution is 2.24. The summed E-state index contributed by atoms with van der Waals surface area (Å²) in [6, 6.07) is 0. The predicted molar refractivity (Wildman–Crippen MR) is 387 cm³/mol. The van der Waals surface area contributed by atoms with E-state index in [-0.39, 0.29) is 0 Å². The van der Waals surface area contributed by atoms with Crippen molar-refractivity contribution >= 4 is 0 Å². The molecule has 0 aromatic carbocycles. The van der Waals surface area contributed by atoms with Crippen molar-refractivity contribution in [3.8, 4) is 0 Å². The fourth-order valence-electron chi connectivity index (χ4n) is 10.9. The number of unbranched alkanes of at least 4 members (excludes halogenated alkanes) is 5. The Morgan fingerprint density at radius 1 is 0.178 bits per heavy atom. The molecule has 0 aliphatic heterocycles. The first kappa shape index (κ1) is 95.9. The summed E-state index contributed by atoms with van der Waals surface area (Å²) in [5, 5.41) is 0. The Kier molecular flexibility index (Phi) is 88.2. The van der Waals surface area contributed by atoms with Crippen LogP contribution in [-0.4, -0.2) is 159 Å². The highest BCUT2D eigenvalue weighted by atomic mass is 16.6. The molecular formula is C78H164O12. The average Bonchev–Trinajstić information content (AvgIpc) is 3.54. The van der Waals surface area contributed by atoms with E-state index in [4.69, 9.17) is 56.8 Å². The monoisotopic (exact) mass is 1290 g/mol. The molecule has 0 amide bonds. The van der Waals surface area contributed by atoms with Crippen LogP contribution in [0.3, 0.4) is 0 Å². The summed E-state index contributed by atoms with van der Waals surface area (Å²) in [5.41, 5.74) is 0. The third kappa shape index (κ3) is 89.6. The molecule has 6 unspecified atom stereocenters. The van der Waals surface area contributed by atoms with Gasteiger partial charge >= 0.3 is 0 Å². The van der Waals surface area contributed by atoms with E-state index in [0.717, 1.165) is 145 Å². The van der Waals surface area contributed by atoms with Crippen molar-refractivity contribution in [2.45, 2.75) is 297 Å². The Bertz CT molecular complexity index is 1230. The first-order valence-electron chi connectivity index (χ1n) is 38.6. The fraction of sp³-hybridized carbons (Fsp3) is 1.00. The van der Waals surface area contributed by atoms with Crippen LogP contribution in [0.25, 0.3) is 0 Å². The topological polar surface area (TPSA) is 111 Å². The van der Waals surface area contributed by atoms with Crippen LogP contribution in [-0.2, 0) is 56.8 Å². The van der Waals surface area contributed by atoms with Crippen molar-refractivity contribution in [2.24, 2.45) is 53.3 Å². The van der Waals surface area contributed by atoms with Gasteiger partial charge < -0.3 is 56.8 Å². The van der Waals surface area contributed by atoms with E-state index in [9.17, 15) is 0 Å². The fourth-order valence-corrected chi connectivity index (χ4v) is 10.9. The van der Waals surface area contributed by atoms with Gasteiger partial charge in [-0.15, -0.1) is 0 Å². The van der Waals surface area contributed by atoms with Crippen LogP contribution in [0.2, 0.25) is 0 Å². The minimum absolute atomic E-state index is 0.599. The predicted octanol–water partition coefficient (Wildman–Crippen LogP) is 21.0. The molecule has 0 saturated carbocycles. The number of hydrogen-bond donors (Lipinski definition) is 0. The molecule has 0 fully saturated rings. The van der Waals surface area contributed by atoms with Gasteiger partial charge in [-0.25, -0.2) is 0 Å². The molecule has 0 spiro atoms. The maximum Gasteiger partial charge on any atom is 0.0701 e. The minimum atomic E-state index is 0.599. The van der Waals surface area contributed by atoms with Gasteiger partial charge in [0, 0.05) is 52.9 Å². The second-order valence-corrected chi connectivity index (χ2v) is 27.5. The van der Waals surface area contributed by atoms with Crippen LogP contribution in [0.1, 0.15) is 297 Å². The minimum Gasteiger partial charge on any atom is -0.381 e. The van der Waals surface area contributed by atoms with Gasteiger partial charge in [-0.2, -0.15) is 0 Å². The van der Waals surface area contributed by atoms with Gasteiger partial charge in [-0.1, -0.05) is 227 Å². The maximum atomic E-state index is 5.69. The summed E-state index contributed by atoms with van der Waals surface area (Å²) in [6.45, 7) is 56.0. The zero-order valence-electron chi connectivity index (χ0n) is 63.9. The van der Waals surface area contributed by atoms with Gasteiger partial charge in [0.25, 0.3) is 0 Å². The maximum absolute atomic E-state index is 5.69. The lowest BCUT2D eigenvalue weighted by Crippen LogP contribution is -2.13. The second kappa shape index (κ2) is 82.7. The van der Waals surface area contributed by atoms with E-state index in [2.05, 4.69) is 118 Å². The molecule has 90 heavy (non-hydrogen) atoms. The van der Waals surface area contributed by atoms with Crippen molar-refractivity contribution in [3.63, 3.8) is 0 Å². The summed E-state index contributed by atoms with van der Waals surface area (Å²) in [6.07, 6.45) is 36.5. The van der Waals surface area contributed by atoms with Crippen molar-refractivity contribution in [2.75, 3.05) is 159 Å². The molecule has 0 radical (unpaired) electrons. The Hall–Kier alpha value is -0.480. The van der Waals surface area contributed by atoms with Gasteiger partial charge in [0.1, 0.15) is 0 Å². The lowest BCUT2D eigenvalue weighted by Gasteiger charge is -2.17. The summed E-state index contributed by atoms with van der Waals surface area (Å²) in [4.78, 5) is 0. The van der Waals surface area contributed by atoms with Crippen LogP contribution in [0.4, 0.5) is 0 Å². The molecule has 0 aliphatic carbocycles. The lowest BCUT2D eigenvalue weighted by atomic mass is 9.90. The zero-order valence-corrected chi connectivity index (χ0v) is 63.9. The molecule has 0 saturated heterocycles. The molecule has 12 heteroatoms. The standard InChI is InChI=1S/2C24H50O5.C16H34O.C14H30O/c1-6-11-25-13-15-27-17-19-29-20-18-28-16-14-26-12-10-23(4)8-7-9-24(5)21-22(2)3;1-5-12-25-14-16-27-18-20-29-21-19-28-17-15-26-13-10-8-7-9-11-24(6-2)22-23(3)4;1-6-11-17-12-10-16(5)13-15(4)9-7-8-14(2)3;1-4-7-8-10-14(9-5-2)11-13-15-12-6-3/h22-24H,6-21H2,1-5H3;23-24H,5-22H2,1-4H3;14-16H,6-13H2,1-5H3;14H,4-13H2,1-3H3. The van der Waals surface area contributed by atoms with Crippen molar-refractivity contribution in [1.82, 2.24) is 0 Å². The van der Waals surface area contributed by atoms with Crippen LogP contribution in [0.5, 0.6) is 0 Å². The van der Waals surface area contributed by atoms with Crippen molar-refractivity contribution in [3.05, 3.63) is 0 Å². The van der Waals surface area contributed by atoms with Crippen LogP contribution < -0.4 is 0 Å². The van der Waals surface area contributed by atoms with Gasteiger partial charge in [-0.05, 0) is 124 Å². The number of hydrogen-bond acceptors (Lipinski definition) is 12. The number of rotatable bonds is 69. The van der Waals surface area contributed by atoms with E-state index in [1.165, 1.54) is 141 Å². The smallest absolute Gasteiger partial charge is 0.0701 e. The molecule has 0 N–H and O–H groups in total. The average molecular weight is 1290 g/mol. The van der Waals surface area contributed by atoms with Gasteiger partial charge in [-0.3, -0.25) is 0 Å². The molecule has 0 heterocycles. The Balaban J connectivity index is -0.000000569. The molecule has 12 nitrogen and oxygen atoms in total. The molecule has 0 aromatic heterocycles. The second-order valence-electron chi connectivity index (χ2n) is 27.5. The molecule has 6 atom stereocenters. The van der Waals surface area contributed by atoms with Crippen LogP contribution in [0, 0.1) is 53.3 Å². The summed E-state index contributed by atoms with van der Waals surface area (Å²) in [7, 11) is 0. The summed E-state index contributed by atoms with van der Waals surface area (Å²) in [5.74, 6) is 7.66. The van der Waals surface area contributed by atoms with E-state index < -0.39 is 0 Å². The third-order valence-corrected chi connectivity index (χ3v) is 16.0.